The van der Waals surface area contributed by atoms with Gasteiger partial charge in [0.15, 0.2) is 0 Å². The molecule has 0 aliphatic rings. The summed E-state index contributed by atoms with van der Waals surface area (Å²) in [4.78, 5) is 14.1. The smallest absolute Gasteiger partial charge is 0.418 e. The number of nitrogens with zero attached hydrogens (tertiary/aromatic N) is 1. The quantitative estimate of drug-likeness (QED) is 0.306. The molecule has 0 spiro atoms. The second kappa shape index (κ2) is 9.23. The van der Waals surface area contributed by atoms with Crippen molar-refractivity contribution in [3.8, 4) is 22.4 Å². The van der Waals surface area contributed by atoms with Gasteiger partial charge in [-0.05, 0) is 66.1 Å². The monoisotopic (exact) mass is 415 g/mol. The highest BCUT2D eigenvalue weighted by Gasteiger charge is 2.18. The minimum absolute atomic E-state index is 0.340. The molecule has 0 aliphatic carbocycles. The highest BCUT2D eigenvalue weighted by Crippen LogP contribution is 2.33. The lowest BCUT2D eigenvalue weighted by Crippen LogP contribution is -2.14. The minimum atomic E-state index is -0.346. The second-order valence-electron chi connectivity index (χ2n) is 7.08. The Bertz CT molecular complexity index is 1160. The normalized spacial score (nSPS) is 11.0. The summed E-state index contributed by atoms with van der Waals surface area (Å²) >= 11 is 1.84. The second-order valence-corrected chi connectivity index (χ2v) is 8.25. The average molecular weight is 416 g/mol. The lowest BCUT2D eigenvalue weighted by molar-refractivity contribution is 0.155. The highest BCUT2D eigenvalue weighted by atomic mass is 32.2. The maximum atomic E-state index is 12.9. The molecule has 0 N–H and O–H groups in total. The van der Waals surface area contributed by atoms with Gasteiger partial charge in [-0.15, -0.1) is 11.8 Å². The van der Waals surface area contributed by atoms with E-state index in [-0.39, 0.29) is 6.09 Å². The first kappa shape index (κ1) is 20.3. The van der Waals surface area contributed by atoms with Crippen molar-refractivity contribution in [3.63, 3.8) is 0 Å². The van der Waals surface area contributed by atoms with E-state index in [1.165, 1.54) is 4.90 Å². The van der Waals surface area contributed by atoms with Crippen molar-refractivity contribution in [2.45, 2.75) is 25.2 Å². The zero-order valence-corrected chi connectivity index (χ0v) is 18.1. The molecule has 30 heavy (non-hydrogen) atoms. The molecule has 0 saturated heterocycles. The number of carbonyl (C=O) groups excluding carboxylic acids is 1. The van der Waals surface area contributed by atoms with Crippen LogP contribution in [0.2, 0.25) is 0 Å². The van der Waals surface area contributed by atoms with Gasteiger partial charge in [0.25, 0.3) is 0 Å². The van der Waals surface area contributed by atoms with Crippen LogP contribution in [-0.2, 0) is 4.74 Å². The van der Waals surface area contributed by atoms with Gasteiger partial charge in [0.1, 0.15) is 0 Å². The standard InChI is InChI=1S/C26H25NO2S/c1-3-15-30-23-13-14-24-22(17-23)18-25(27(24)26(28)29-4-2)21-12-8-11-20(16-21)19-9-6-5-7-10-19/h5-14,16-18H,3-4,15H2,1-2H3. The molecule has 3 nitrogen and oxygen atoms in total. The topological polar surface area (TPSA) is 31.2 Å². The van der Waals surface area contributed by atoms with E-state index < -0.39 is 0 Å². The maximum Gasteiger partial charge on any atom is 0.418 e. The van der Waals surface area contributed by atoms with E-state index in [0.717, 1.165) is 45.5 Å². The number of hydrogen-bond donors (Lipinski definition) is 0. The molecule has 0 bridgehead atoms. The molecule has 152 valence electrons. The van der Waals surface area contributed by atoms with E-state index in [1.54, 1.807) is 4.57 Å². The molecule has 0 radical (unpaired) electrons. The summed E-state index contributed by atoms with van der Waals surface area (Å²) in [6.07, 6.45) is 0.783. The van der Waals surface area contributed by atoms with Crippen molar-refractivity contribution in [2.75, 3.05) is 12.4 Å². The molecule has 3 aromatic carbocycles. The van der Waals surface area contributed by atoms with Gasteiger partial charge in [-0.2, -0.15) is 0 Å². The summed E-state index contributed by atoms with van der Waals surface area (Å²) in [6.45, 7) is 4.35. The molecule has 1 heterocycles. The third-order valence-corrected chi connectivity index (χ3v) is 6.16. The van der Waals surface area contributed by atoms with Gasteiger partial charge in [-0.25, -0.2) is 9.36 Å². The van der Waals surface area contributed by atoms with Gasteiger partial charge >= 0.3 is 6.09 Å². The summed E-state index contributed by atoms with van der Waals surface area (Å²) in [7, 11) is 0. The third-order valence-electron chi connectivity index (χ3n) is 4.96. The van der Waals surface area contributed by atoms with Crippen molar-refractivity contribution >= 4 is 28.8 Å². The number of thioether (sulfide) groups is 1. The molecule has 0 saturated carbocycles. The minimum Gasteiger partial charge on any atom is -0.449 e. The van der Waals surface area contributed by atoms with Crippen molar-refractivity contribution in [2.24, 2.45) is 0 Å². The SMILES string of the molecule is CCCSc1ccc2c(c1)cc(-c1cccc(-c3ccccc3)c1)n2C(=O)OCC. The third kappa shape index (κ3) is 4.14. The van der Waals surface area contributed by atoms with E-state index in [9.17, 15) is 4.79 Å². The van der Waals surface area contributed by atoms with E-state index in [1.807, 2.05) is 55.1 Å². The van der Waals surface area contributed by atoms with E-state index in [0.29, 0.717) is 6.61 Å². The molecular formula is C26H25NO2S. The van der Waals surface area contributed by atoms with Gasteiger partial charge in [0.2, 0.25) is 0 Å². The zero-order chi connectivity index (χ0) is 20.9. The molecular weight excluding hydrogens is 390 g/mol. The number of benzene rings is 3. The molecule has 0 aliphatic heterocycles. The summed E-state index contributed by atoms with van der Waals surface area (Å²) in [6, 6.07) is 26.9. The van der Waals surface area contributed by atoms with Crippen LogP contribution >= 0.6 is 11.8 Å². The van der Waals surface area contributed by atoms with Crippen molar-refractivity contribution in [1.82, 2.24) is 4.57 Å². The summed E-state index contributed by atoms with van der Waals surface area (Å²) < 4.78 is 7.08. The first-order valence-corrected chi connectivity index (χ1v) is 11.3. The van der Waals surface area contributed by atoms with Crippen LogP contribution in [0, 0.1) is 0 Å². The Morgan fingerprint density at radius 2 is 1.63 bits per heavy atom. The van der Waals surface area contributed by atoms with Crippen LogP contribution in [0.1, 0.15) is 20.3 Å². The van der Waals surface area contributed by atoms with E-state index >= 15 is 0 Å². The molecule has 4 rings (SSSR count). The van der Waals surface area contributed by atoms with E-state index in [2.05, 4.69) is 49.4 Å². The number of fused-ring (bicyclic) bond motifs is 1. The fourth-order valence-corrected chi connectivity index (χ4v) is 4.40. The van der Waals surface area contributed by atoms with Crippen molar-refractivity contribution < 1.29 is 9.53 Å². The number of ether oxygens (including phenoxy) is 1. The number of rotatable bonds is 6. The Labute approximate surface area is 181 Å². The molecule has 0 atom stereocenters. The lowest BCUT2D eigenvalue weighted by atomic mass is 10.0. The Balaban J connectivity index is 1.85. The van der Waals surface area contributed by atoms with Crippen LogP contribution in [0.5, 0.6) is 0 Å². The van der Waals surface area contributed by atoms with Gasteiger partial charge in [-0.1, -0.05) is 55.5 Å². The van der Waals surface area contributed by atoms with Crippen LogP contribution in [0.3, 0.4) is 0 Å². The van der Waals surface area contributed by atoms with Gasteiger partial charge in [-0.3, -0.25) is 0 Å². The number of hydrogen-bond acceptors (Lipinski definition) is 3. The molecule has 4 heteroatoms. The predicted octanol–water partition coefficient (Wildman–Crippen LogP) is 7.48. The first-order chi connectivity index (χ1) is 14.7. The van der Waals surface area contributed by atoms with Gasteiger partial charge in [0, 0.05) is 10.3 Å². The highest BCUT2D eigenvalue weighted by molar-refractivity contribution is 7.99. The van der Waals surface area contributed by atoms with E-state index in [4.69, 9.17) is 4.74 Å². The molecule has 4 aromatic rings. The van der Waals surface area contributed by atoms with Crippen molar-refractivity contribution in [1.29, 1.82) is 0 Å². The molecule has 0 amide bonds. The van der Waals surface area contributed by atoms with Crippen molar-refractivity contribution in [3.05, 3.63) is 78.9 Å². The largest absolute Gasteiger partial charge is 0.449 e. The van der Waals surface area contributed by atoms with Crippen LogP contribution < -0.4 is 0 Å². The maximum absolute atomic E-state index is 12.9. The molecule has 0 fully saturated rings. The summed E-state index contributed by atoms with van der Waals surface area (Å²) in [5, 5.41) is 1.05. The van der Waals surface area contributed by atoms with Crippen LogP contribution in [0.4, 0.5) is 4.79 Å². The van der Waals surface area contributed by atoms with Gasteiger partial charge < -0.3 is 4.74 Å². The number of carbonyl (C=O) groups is 1. The zero-order valence-electron chi connectivity index (χ0n) is 17.3. The van der Waals surface area contributed by atoms with Crippen LogP contribution in [-0.4, -0.2) is 23.0 Å². The summed E-state index contributed by atoms with van der Waals surface area (Å²) in [5.74, 6) is 1.08. The van der Waals surface area contributed by atoms with Crippen LogP contribution in [0.15, 0.2) is 83.8 Å². The fourth-order valence-electron chi connectivity index (χ4n) is 3.59. The first-order valence-electron chi connectivity index (χ1n) is 10.3. The average Bonchev–Trinajstić information content (AvgIpc) is 3.17. The Hall–Kier alpha value is -2.98. The molecule has 0 unspecified atom stereocenters. The van der Waals surface area contributed by atoms with Crippen LogP contribution in [0.25, 0.3) is 33.3 Å². The Morgan fingerprint density at radius 1 is 0.867 bits per heavy atom. The Morgan fingerprint density at radius 3 is 2.40 bits per heavy atom. The number of aromatic nitrogens is 1. The lowest BCUT2D eigenvalue weighted by Gasteiger charge is -2.11. The summed E-state index contributed by atoms with van der Waals surface area (Å²) in [5.41, 5.74) is 4.97. The fraction of sp³-hybridized carbons (Fsp3) is 0.192. The molecule has 1 aromatic heterocycles. The predicted molar refractivity (Wildman–Crippen MR) is 126 cm³/mol. The Kier molecular flexibility index (Phi) is 6.24. The van der Waals surface area contributed by atoms with Gasteiger partial charge in [0.05, 0.1) is 17.8 Å².